The summed E-state index contributed by atoms with van der Waals surface area (Å²) in [6.07, 6.45) is 0. The Hall–Kier alpha value is -1.68. The van der Waals surface area contributed by atoms with Gasteiger partial charge in [-0.1, -0.05) is 18.2 Å². The third-order valence-corrected chi connectivity index (χ3v) is 1.34. The van der Waals surface area contributed by atoms with Gasteiger partial charge in [-0.3, -0.25) is 19.1 Å². The van der Waals surface area contributed by atoms with Crippen LogP contribution in [0.3, 0.4) is 0 Å². The van der Waals surface area contributed by atoms with Gasteiger partial charge in [0.15, 0.2) is 0 Å². The number of carbonyl (C=O) groups is 1. The lowest BCUT2D eigenvalue weighted by Crippen LogP contribution is -2.25. The second-order valence-electron chi connectivity index (χ2n) is 2.73. The van der Waals surface area contributed by atoms with Gasteiger partial charge < -0.3 is 5.11 Å². The summed E-state index contributed by atoms with van der Waals surface area (Å²) in [5, 5.41) is 18.2. The lowest BCUT2D eigenvalue weighted by atomic mass is 10.3. The molecule has 0 fully saturated rings. The van der Waals surface area contributed by atoms with Crippen LogP contribution in [0.25, 0.3) is 0 Å². The van der Waals surface area contributed by atoms with Crippen LogP contribution in [-0.2, 0) is 15.2 Å². The van der Waals surface area contributed by atoms with E-state index in [4.69, 9.17) is 27.8 Å². The smallest absolute Gasteiger partial charge is 0.394 e. The van der Waals surface area contributed by atoms with Crippen molar-refractivity contribution in [3.63, 3.8) is 0 Å². The molecular weight excluding hydrogens is 254 g/mol. The van der Waals surface area contributed by atoms with Crippen LogP contribution < -0.4 is 5.06 Å². The summed E-state index contributed by atoms with van der Waals surface area (Å²) in [5.74, 6) is -1.07. The predicted octanol–water partition coefficient (Wildman–Crippen LogP) is 0.314. The van der Waals surface area contributed by atoms with E-state index in [1.807, 2.05) is 0 Å². The van der Waals surface area contributed by atoms with Crippen molar-refractivity contribution in [2.24, 2.45) is 0 Å². The zero-order valence-electron chi connectivity index (χ0n) is 8.46. The molecule has 0 heterocycles. The second-order valence-corrected chi connectivity index (χ2v) is 3.63. The number of para-hydroxylation sites is 1. The number of aliphatic carboxylic acids is 1. The molecule has 9 heteroatoms. The summed E-state index contributed by atoms with van der Waals surface area (Å²) in [6.45, 7) is -0.413. The summed E-state index contributed by atoms with van der Waals surface area (Å²) in [4.78, 5) is 10.2. The van der Waals surface area contributed by atoms with Crippen molar-refractivity contribution in [2.75, 3.05) is 11.6 Å². The normalized spacial score (nSPS) is 10.1. The SMILES string of the molecule is O=C(O)CN(O)c1ccccc1.O=S(=O)(O)O. The van der Waals surface area contributed by atoms with Crippen molar-refractivity contribution in [3.8, 4) is 0 Å². The van der Waals surface area contributed by atoms with E-state index in [0.717, 1.165) is 0 Å². The first kappa shape index (κ1) is 15.3. The Kier molecular flexibility index (Phi) is 6.13. The molecule has 4 N–H and O–H groups in total. The third-order valence-electron chi connectivity index (χ3n) is 1.34. The number of hydrogen-bond acceptors (Lipinski definition) is 5. The van der Waals surface area contributed by atoms with Crippen LogP contribution in [0.5, 0.6) is 0 Å². The van der Waals surface area contributed by atoms with E-state index in [0.29, 0.717) is 10.8 Å². The Labute approximate surface area is 97.3 Å². The van der Waals surface area contributed by atoms with E-state index < -0.39 is 22.9 Å². The monoisotopic (exact) mass is 265 g/mol. The first-order valence-corrected chi connectivity index (χ1v) is 5.53. The van der Waals surface area contributed by atoms with Crippen molar-refractivity contribution >= 4 is 22.1 Å². The van der Waals surface area contributed by atoms with Crippen LogP contribution in [0.2, 0.25) is 0 Å². The minimum atomic E-state index is -4.67. The zero-order valence-corrected chi connectivity index (χ0v) is 9.28. The van der Waals surface area contributed by atoms with Crippen molar-refractivity contribution in [1.82, 2.24) is 0 Å². The molecule has 8 nitrogen and oxygen atoms in total. The molecule has 96 valence electrons. The minimum Gasteiger partial charge on any atom is -0.480 e. The number of benzene rings is 1. The maximum absolute atomic E-state index is 10.2. The third kappa shape index (κ3) is 10.6. The number of anilines is 1. The molecule has 0 saturated heterocycles. The molecule has 0 atom stereocenters. The number of carboxylic acid groups (broad SMARTS) is 1. The Morgan fingerprint density at radius 3 is 1.94 bits per heavy atom. The molecule has 0 radical (unpaired) electrons. The maximum atomic E-state index is 10.2. The molecule has 0 spiro atoms. The molecule has 0 saturated carbocycles. The first-order valence-electron chi connectivity index (χ1n) is 4.13. The Bertz CT molecular complexity index is 436. The van der Waals surface area contributed by atoms with E-state index in [-0.39, 0.29) is 0 Å². The molecule has 0 aliphatic carbocycles. The number of carboxylic acids is 1. The summed E-state index contributed by atoms with van der Waals surface area (Å²) in [6, 6.07) is 8.49. The molecule has 0 amide bonds. The lowest BCUT2D eigenvalue weighted by Gasteiger charge is -2.13. The molecule has 0 bridgehead atoms. The molecule has 0 aliphatic rings. The fraction of sp³-hybridized carbons (Fsp3) is 0.125. The Morgan fingerprint density at radius 2 is 1.59 bits per heavy atom. The first-order chi connectivity index (χ1) is 7.70. The van der Waals surface area contributed by atoms with E-state index in [2.05, 4.69) is 0 Å². The fourth-order valence-corrected chi connectivity index (χ4v) is 0.819. The zero-order chi connectivity index (χ0) is 13.5. The highest BCUT2D eigenvalue weighted by molar-refractivity contribution is 7.79. The second kappa shape index (κ2) is 6.81. The average Bonchev–Trinajstić information content (AvgIpc) is 2.15. The highest BCUT2D eigenvalue weighted by Crippen LogP contribution is 2.09. The fourth-order valence-electron chi connectivity index (χ4n) is 0.819. The van der Waals surface area contributed by atoms with Crippen LogP contribution in [0.1, 0.15) is 0 Å². The van der Waals surface area contributed by atoms with Gasteiger partial charge >= 0.3 is 16.4 Å². The van der Waals surface area contributed by atoms with Crippen LogP contribution in [0.4, 0.5) is 5.69 Å². The summed E-state index contributed by atoms with van der Waals surface area (Å²) in [5.41, 5.74) is 0.472. The van der Waals surface area contributed by atoms with Crippen LogP contribution in [0, 0.1) is 0 Å². The highest BCUT2D eigenvalue weighted by atomic mass is 32.3. The molecular formula is C8H11NO7S. The highest BCUT2D eigenvalue weighted by Gasteiger charge is 2.05. The van der Waals surface area contributed by atoms with Crippen molar-refractivity contribution < 1.29 is 32.6 Å². The number of hydrogen-bond donors (Lipinski definition) is 4. The molecule has 1 aromatic rings. The van der Waals surface area contributed by atoms with Crippen LogP contribution in [0.15, 0.2) is 30.3 Å². The standard InChI is InChI=1S/C8H9NO3.H2O4S/c10-8(11)6-9(12)7-4-2-1-3-5-7;1-5(2,3)4/h1-5,12H,6H2,(H,10,11);(H2,1,2,3,4). The maximum Gasteiger partial charge on any atom is 0.394 e. The predicted molar refractivity (Wildman–Crippen MR) is 57.4 cm³/mol. The number of rotatable bonds is 3. The van der Waals surface area contributed by atoms with Crippen LogP contribution >= 0.6 is 0 Å². The molecule has 17 heavy (non-hydrogen) atoms. The van der Waals surface area contributed by atoms with Crippen molar-refractivity contribution in [2.45, 2.75) is 0 Å². The van der Waals surface area contributed by atoms with E-state index in [1.165, 1.54) is 0 Å². The van der Waals surface area contributed by atoms with E-state index >= 15 is 0 Å². The van der Waals surface area contributed by atoms with Gasteiger partial charge in [0, 0.05) is 0 Å². The number of nitrogens with zero attached hydrogens (tertiary/aromatic N) is 1. The van der Waals surface area contributed by atoms with Crippen LogP contribution in [-0.4, -0.2) is 40.4 Å². The van der Waals surface area contributed by atoms with Crippen molar-refractivity contribution in [3.05, 3.63) is 30.3 Å². The quantitative estimate of drug-likeness (QED) is 0.453. The van der Waals surface area contributed by atoms with Crippen molar-refractivity contribution in [1.29, 1.82) is 0 Å². The summed E-state index contributed by atoms with van der Waals surface area (Å²) >= 11 is 0. The lowest BCUT2D eigenvalue weighted by molar-refractivity contribution is -0.136. The van der Waals surface area contributed by atoms with Gasteiger partial charge in [0.05, 0.1) is 5.69 Å². The van der Waals surface area contributed by atoms with Gasteiger partial charge in [-0.25, -0.2) is 5.06 Å². The molecule has 0 aliphatic heterocycles. The number of hydroxylamine groups is 1. The molecule has 0 aromatic heterocycles. The summed E-state index contributed by atoms with van der Waals surface area (Å²) in [7, 11) is -4.67. The van der Waals surface area contributed by atoms with E-state index in [9.17, 15) is 4.79 Å². The Morgan fingerprint density at radius 1 is 1.18 bits per heavy atom. The minimum absolute atomic E-state index is 0.413. The van der Waals surface area contributed by atoms with Gasteiger partial charge in [-0.05, 0) is 12.1 Å². The Balaban J connectivity index is 0.000000437. The largest absolute Gasteiger partial charge is 0.480 e. The summed E-state index contributed by atoms with van der Waals surface area (Å²) < 4.78 is 31.6. The molecule has 0 unspecified atom stereocenters. The topological polar surface area (TPSA) is 135 Å². The van der Waals surface area contributed by atoms with Gasteiger partial charge in [-0.2, -0.15) is 8.42 Å². The average molecular weight is 265 g/mol. The van der Waals surface area contributed by atoms with Gasteiger partial charge in [-0.15, -0.1) is 0 Å². The van der Waals surface area contributed by atoms with Gasteiger partial charge in [0.25, 0.3) is 0 Å². The van der Waals surface area contributed by atoms with Gasteiger partial charge in [0.1, 0.15) is 6.54 Å². The van der Waals surface area contributed by atoms with Gasteiger partial charge in [0.2, 0.25) is 0 Å². The molecule has 1 aromatic carbocycles. The van der Waals surface area contributed by atoms with E-state index in [1.54, 1.807) is 30.3 Å². The molecule has 1 rings (SSSR count).